The van der Waals surface area contributed by atoms with Gasteiger partial charge >= 0.3 is 35.5 Å². The molecular formula is C18H33NaO6S. The molecule has 0 saturated carbocycles. The summed E-state index contributed by atoms with van der Waals surface area (Å²) in [5.74, 6) is -1.28. The van der Waals surface area contributed by atoms with Gasteiger partial charge in [-0.25, -0.2) is 8.42 Å². The molecule has 8 heteroatoms. The van der Waals surface area contributed by atoms with E-state index in [0.29, 0.717) is 6.42 Å². The molecule has 0 amide bonds. The van der Waals surface area contributed by atoms with Crippen LogP contribution in [0.25, 0.3) is 0 Å². The third kappa shape index (κ3) is 22.0. The first kappa shape index (κ1) is 28.1. The number of carbonyl (C=O) groups is 1. The summed E-state index contributed by atoms with van der Waals surface area (Å²) >= 11 is 0. The van der Waals surface area contributed by atoms with Gasteiger partial charge in [0.2, 0.25) is 0 Å². The Morgan fingerprint density at radius 3 is 1.69 bits per heavy atom. The van der Waals surface area contributed by atoms with Crippen LogP contribution in [-0.2, 0) is 24.1 Å². The Morgan fingerprint density at radius 2 is 1.31 bits per heavy atom. The van der Waals surface area contributed by atoms with Gasteiger partial charge in [0.25, 0.3) is 16.3 Å². The van der Waals surface area contributed by atoms with Crippen LogP contribution >= 0.6 is 0 Å². The molecule has 26 heavy (non-hydrogen) atoms. The fourth-order valence-electron chi connectivity index (χ4n) is 2.54. The minimum atomic E-state index is -4.93. The van der Waals surface area contributed by atoms with Crippen LogP contribution in [0.5, 0.6) is 0 Å². The summed E-state index contributed by atoms with van der Waals surface area (Å²) in [6.45, 7) is 3.34. The van der Waals surface area contributed by atoms with E-state index in [-0.39, 0.29) is 29.6 Å². The Morgan fingerprint density at radius 1 is 0.885 bits per heavy atom. The van der Waals surface area contributed by atoms with Gasteiger partial charge in [-0.1, -0.05) is 77.6 Å². The van der Waals surface area contributed by atoms with Crippen LogP contribution < -0.4 is 29.6 Å². The minimum absolute atomic E-state index is 0. The van der Waals surface area contributed by atoms with Crippen molar-refractivity contribution in [1.82, 2.24) is 0 Å². The van der Waals surface area contributed by atoms with Crippen LogP contribution in [0.3, 0.4) is 0 Å². The van der Waals surface area contributed by atoms with Gasteiger partial charge in [0.1, 0.15) is 0 Å². The van der Waals surface area contributed by atoms with Crippen molar-refractivity contribution in [3.8, 4) is 0 Å². The van der Waals surface area contributed by atoms with Gasteiger partial charge in [0.15, 0.2) is 0 Å². The number of ether oxygens (including phenoxy) is 1. The first-order valence-electron chi connectivity index (χ1n) is 9.39. The number of esters is 1. The van der Waals surface area contributed by atoms with Crippen LogP contribution in [0.15, 0.2) is 12.0 Å². The molecule has 148 valence electrons. The zero-order chi connectivity index (χ0) is 19.0. The van der Waals surface area contributed by atoms with Crippen molar-refractivity contribution in [3.05, 3.63) is 12.0 Å². The van der Waals surface area contributed by atoms with E-state index in [0.717, 1.165) is 26.2 Å². The van der Waals surface area contributed by atoms with Gasteiger partial charge in [0, 0.05) is 6.92 Å². The van der Waals surface area contributed by atoms with Crippen molar-refractivity contribution in [1.29, 1.82) is 0 Å². The quantitative estimate of drug-likeness (QED) is 0.0982. The Labute approximate surface area is 181 Å². The van der Waals surface area contributed by atoms with Gasteiger partial charge in [-0.15, -0.1) is 0 Å². The predicted molar refractivity (Wildman–Crippen MR) is 96.3 cm³/mol. The largest absolute Gasteiger partial charge is 1.00 e. The molecule has 0 aliphatic heterocycles. The van der Waals surface area contributed by atoms with Crippen molar-refractivity contribution in [2.75, 3.05) is 0 Å². The van der Waals surface area contributed by atoms with E-state index >= 15 is 0 Å². The van der Waals surface area contributed by atoms with Gasteiger partial charge in [0.05, 0.1) is 0 Å². The van der Waals surface area contributed by atoms with Crippen molar-refractivity contribution in [2.45, 2.75) is 97.3 Å². The standard InChI is InChI=1S/C18H34O6S.Na/c1-3-4-5-6-7-8-9-10-11-12-13-14-15-16-18(23-17(2)19)24-25(20,21)22;/h16H,3-15H2,1-2H3,(H,20,21,22);/q;+1/p-1/b18-16+;. The van der Waals surface area contributed by atoms with Gasteiger partial charge in [-0.05, 0) is 18.9 Å². The Balaban J connectivity index is 0. The zero-order valence-corrected chi connectivity index (χ0v) is 19.4. The van der Waals surface area contributed by atoms with Crippen molar-refractivity contribution in [2.24, 2.45) is 0 Å². The smallest absolute Gasteiger partial charge is 0.716 e. The number of rotatable bonds is 16. The molecule has 0 aliphatic rings. The molecule has 0 bridgehead atoms. The molecule has 0 aromatic rings. The number of unbranched alkanes of at least 4 members (excludes halogenated alkanes) is 12. The molecule has 0 fully saturated rings. The SMILES string of the molecule is CCCCCCCCCCCCCC/C=C(\OC(C)=O)OS(=O)(=O)[O-].[Na+]. The second-order valence-electron chi connectivity index (χ2n) is 6.29. The first-order chi connectivity index (χ1) is 11.8. The number of hydrogen-bond donors (Lipinski definition) is 0. The van der Waals surface area contributed by atoms with E-state index in [1.165, 1.54) is 63.9 Å². The molecule has 0 heterocycles. The van der Waals surface area contributed by atoms with Crippen molar-refractivity contribution >= 4 is 16.4 Å². The van der Waals surface area contributed by atoms with Gasteiger partial charge in [-0.3, -0.25) is 4.79 Å². The Kier molecular flexibility index (Phi) is 19.8. The summed E-state index contributed by atoms with van der Waals surface area (Å²) in [7, 11) is -4.93. The Bertz CT molecular complexity index is 476. The maximum Gasteiger partial charge on any atom is 1.00 e. The maximum atomic E-state index is 10.8. The molecule has 0 unspecified atom stereocenters. The predicted octanol–water partition coefficient (Wildman–Crippen LogP) is 1.96. The van der Waals surface area contributed by atoms with Gasteiger partial charge in [-0.2, -0.15) is 0 Å². The Hall–Kier alpha value is -0.0800. The molecule has 0 spiro atoms. The minimum Gasteiger partial charge on any atom is -0.716 e. The normalized spacial score (nSPS) is 11.7. The summed E-state index contributed by atoms with van der Waals surface area (Å²) in [5, 5.41) is 0. The molecule has 0 atom stereocenters. The molecule has 0 saturated heterocycles. The average molecular weight is 401 g/mol. The fourth-order valence-corrected chi connectivity index (χ4v) is 2.84. The monoisotopic (exact) mass is 400 g/mol. The fraction of sp³-hybridized carbons (Fsp3) is 0.833. The van der Waals surface area contributed by atoms with E-state index in [2.05, 4.69) is 15.8 Å². The van der Waals surface area contributed by atoms with Crippen LogP contribution in [0.4, 0.5) is 0 Å². The summed E-state index contributed by atoms with van der Waals surface area (Å²) in [6, 6.07) is 0. The van der Waals surface area contributed by atoms with Crippen LogP contribution in [0.1, 0.15) is 97.3 Å². The third-order valence-electron chi connectivity index (χ3n) is 3.80. The summed E-state index contributed by atoms with van der Waals surface area (Å²) in [4.78, 5) is 10.8. The summed E-state index contributed by atoms with van der Waals surface area (Å²) < 4.78 is 40.3. The van der Waals surface area contributed by atoms with Crippen molar-refractivity contribution < 1.29 is 56.2 Å². The molecule has 0 rings (SSSR count). The summed E-state index contributed by atoms with van der Waals surface area (Å²) in [6.07, 6.45) is 16.5. The molecule has 0 radical (unpaired) electrons. The summed E-state index contributed by atoms with van der Waals surface area (Å²) in [5.41, 5.74) is 0. The number of carbonyl (C=O) groups excluding carboxylic acids is 1. The maximum absolute atomic E-state index is 10.8. The molecule has 6 nitrogen and oxygen atoms in total. The third-order valence-corrected chi connectivity index (χ3v) is 4.17. The van der Waals surface area contributed by atoms with E-state index in [1.807, 2.05) is 0 Å². The van der Waals surface area contributed by atoms with Crippen LogP contribution in [0, 0.1) is 0 Å². The van der Waals surface area contributed by atoms with E-state index in [1.54, 1.807) is 0 Å². The zero-order valence-electron chi connectivity index (χ0n) is 16.6. The molecule has 0 aliphatic carbocycles. The second-order valence-corrected chi connectivity index (χ2v) is 7.27. The van der Waals surface area contributed by atoms with Crippen LogP contribution in [-0.4, -0.2) is 18.9 Å². The van der Waals surface area contributed by atoms with Crippen molar-refractivity contribution in [3.63, 3.8) is 0 Å². The van der Waals surface area contributed by atoms with E-state index < -0.39 is 22.3 Å². The number of allylic oxidation sites excluding steroid dienone is 1. The second kappa shape index (κ2) is 18.3. The van der Waals surface area contributed by atoms with Gasteiger partial charge < -0.3 is 13.5 Å². The average Bonchev–Trinajstić information content (AvgIpc) is 2.49. The molecule has 0 N–H and O–H groups in total. The topological polar surface area (TPSA) is 92.7 Å². The first-order valence-corrected chi connectivity index (χ1v) is 10.7. The van der Waals surface area contributed by atoms with E-state index in [9.17, 15) is 17.8 Å². The molecule has 0 aromatic carbocycles. The molecular weight excluding hydrogens is 367 g/mol. The van der Waals surface area contributed by atoms with E-state index in [4.69, 9.17) is 0 Å². The molecule has 0 aromatic heterocycles. The number of hydrogen-bond acceptors (Lipinski definition) is 6. The van der Waals surface area contributed by atoms with Crippen LogP contribution in [0.2, 0.25) is 0 Å².